The lowest BCUT2D eigenvalue weighted by molar-refractivity contribution is 0.0124. The third-order valence-corrected chi connectivity index (χ3v) is 6.28. The third kappa shape index (κ3) is 2.91. The van der Waals surface area contributed by atoms with Gasteiger partial charge in [-0.25, -0.2) is 22.1 Å². The molecule has 1 N–H and O–H groups in total. The van der Waals surface area contributed by atoms with Crippen molar-refractivity contribution in [3.63, 3.8) is 0 Å². The highest BCUT2D eigenvalue weighted by molar-refractivity contribution is 7.88. The highest BCUT2D eigenvalue weighted by Gasteiger charge is 2.52. The number of rotatable bonds is 3. The van der Waals surface area contributed by atoms with E-state index < -0.39 is 27.2 Å². The van der Waals surface area contributed by atoms with Crippen molar-refractivity contribution in [2.45, 2.75) is 6.42 Å². The van der Waals surface area contributed by atoms with Crippen LogP contribution >= 0.6 is 0 Å². The molecule has 24 heavy (non-hydrogen) atoms. The number of aliphatic hydroxyl groups excluding tert-OH is 1. The number of hydrogen-bond acceptors (Lipinski definition) is 5. The summed E-state index contributed by atoms with van der Waals surface area (Å²) >= 11 is 0. The monoisotopic (exact) mass is 357 g/mol. The first-order valence-corrected chi connectivity index (χ1v) is 9.57. The summed E-state index contributed by atoms with van der Waals surface area (Å²) in [7, 11) is -3.36. The molecule has 2 fully saturated rings. The van der Waals surface area contributed by atoms with Gasteiger partial charge >= 0.3 is 0 Å². The molecule has 1 amide bonds. The van der Waals surface area contributed by atoms with Crippen LogP contribution in [0.2, 0.25) is 0 Å². The van der Waals surface area contributed by atoms with Crippen LogP contribution in [0, 0.1) is 17.2 Å². The van der Waals surface area contributed by atoms with Crippen molar-refractivity contribution in [2.24, 2.45) is 11.3 Å². The average molecular weight is 357 g/mol. The molecule has 3 heterocycles. The zero-order valence-electron chi connectivity index (χ0n) is 13.4. The summed E-state index contributed by atoms with van der Waals surface area (Å²) in [5.41, 5.74) is -0.954. The minimum absolute atomic E-state index is 0.0187. The van der Waals surface area contributed by atoms with Crippen LogP contribution in [-0.2, 0) is 10.0 Å². The molecule has 9 heteroatoms. The number of pyridine rings is 1. The number of hydrogen-bond donors (Lipinski definition) is 1. The number of nitrogens with zero attached hydrogens (tertiary/aromatic N) is 3. The molecule has 2 atom stereocenters. The van der Waals surface area contributed by atoms with Gasteiger partial charge in [-0.3, -0.25) is 4.79 Å². The van der Waals surface area contributed by atoms with Crippen molar-refractivity contribution in [3.05, 3.63) is 29.8 Å². The first kappa shape index (κ1) is 17.2. The van der Waals surface area contributed by atoms with E-state index in [-0.39, 0.29) is 31.3 Å². The summed E-state index contributed by atoms with van der Waals surface area (Å²) < 4.78 is 38.8. The van der Waals surface area contributed by atoms with E-state index in [4.69, 9.17) is 0 Å². The van der Waals surface area contributed by atoms with Crippen molar-refractivity contribution in [2.75, 3.05) is 39.0 Å². The number of carbonyl (C=O) groups excluding carboxylic acids is 1. The molecule has 1 aromatic rings. The fourth-order valence-electron chi connectivity index (χ4n) is 3.68. The van der Waals surface area contributed by atoms with E-state index in [0.29, 0.717) is 19.5 Å². The summed E-state index contributed by atoms with van der Waals surface area (Å²) in [6, 6.07) is 2.59. The van der Waals surface area contributed by atoms with Gasteiger partial charge in [0.05, 0.1) is 12.9 Å². The van der Waals surface area contributed by atoms with Crippen LogP contribution in [-0.4, -0.2) is 72.7 Å². The van der Waals surface area contributed by atoms with Crippen molar-refractivity contribution >= 4 is 15.9 Å². The maximum absolute atomic E-state index is 13.8. The van der Waals surface area contributed by atoms with Crippen LogP contribution in [0.5, 0.6) is 0 Å². The smallest absolute Gasteiger partial charge is 0.275 e. The molecule has 132 valence electrons. The van der Waals surface area contributed by atoms with Crippen LogP contribution in [0.1, 0.15) is 16.9 Å². The second-order valence-electron chi connectivity index (χ2n) is 6.62. The van der Waals surface area contributed by atoms with Gasteiger partial charge in [-0.15, -0.1) is 0 Å². The van der Waals surface area contributed by atoms with Gasteiger partial charge in [0.2, 0.25) is 10.0 Å². The molecule has 0 spiro atoms. The van der Waals surface area contributed by atoms with E-state index in [1.54, 1.807) is 0 Å². The fourth-order valence-corrected chi connectivity index (χ4v) is 4.62. The minimum Gasteiger partial charge on any atom is -0.396 e. The molecule has 1 aromatic heterocycles. The van der Waals surface area contributed by atoms with E-state index in [9.17, 15) is 22.7 Å². The Morgan fingerprint density at radius 1 is 1.50 bits per heavy atom. The predicted molar refractivity (Wildman–Crippen MR) is 84.1 cm³/mol. The SMILES string of the molecule is CS(=O)(=O)N1C[C@@H]2CCN(C(=O)c3ncccc3F)C[C@]2(CO)C1. The largest absolute Gasteiger partial charge is 0.396 e. The van der Waals surface area contributed by atoms with E-state index in [0.717, 1.165) is 6.26 Å². The summed E-state index contributed by atoms with van der Waals surface area (Å²) in [4.78, 5) is 17.8. The molecule has 0 unspecified atom stereocenters. The van der Waals surface area contributed by atoms with Gasteiger partial charge < -0.3 is 10.0 Å². The Hall–Kier alpha value is -1.58. The number of aromatic nitrogens is 1. The second-order valence-corrected chi connectivity index (χ2v) is 8.60. The maximum atomic E-state index is 13.8. The van der Waals surface area contributed by atoms with Crippen molar-refractivity contribution < 1.29 is 22.7 Å². The lowest BCUT2D eigenvalue weighted by atomic mass is 9.74. The van der Waals surface area contributed by atoms with Gasteiger partial charge in [-0.1, -0.05) is 0 Å². The fraction of sp³-hybridized carbons (Fsp3) is 0.600. The number of halogens is 1. The van der Waals surface area contributed by atoms with Gasteiger partial charge in [-0.2, -0.15) is 0 Å². The Labute approximate surface area is 140 Å². The Kier molecular flexibility index (Phi) is 4.35. The van der Waals surface area contributed by atoms with Gasteiger partial charge in [0.25, 0.3) is 5.91 Å². The number of likely N-dealkylation sites (tertiary alicyclic amines) is 1. The highest BCUT2D eigenvalue weighted by atomic mass is 32.2. The first-order valence-electron chi connectivity index (χ1n) is 7.72. The van der Waals surface area contributed by atoms with Crippen molar-refractivity contribution in [1.82, 2.24) is 14.2 Å². The van der Waals surface area contributed by atoms with Gasteiger partial charge in [0.1, 0.15) is 0 Å². The number of carbonyl (C=O) groups is 1. The number of fused-ring (bicyclic) bond motifs is 1. The lowest BCUT2D eigenvalue weighted by Gasteiger charge is -2.43. The Balaban J connectivity index is 1.84. The maximum Gasteiger partial charge on any atom is 0.275 e. The van der Waals surface area contributed by atoms with Crippen molar-refractivity contribution in [1.29, 1.82) is 0 Å². The summed E-state index contributed by atoms with van der Waals surface area (Å²) in [5.74, 6) is -1.24. The molecule has 2 saturated heterocycles. The van der Waals surface area contributed by atoms with Crippen LogP contribution in [0.25, 0.3) is 0 Å². The van der Waals surface area contributed by atoms with Gasteiger partial charge in [0.15, 0.2) is 11.5 Å². The third-order valence-electron chi connectivity index (χ3n) is 5.07. The Bertz CT molecular complexity index is 757. The zero-order chi connectivity index (χ0) is 17.5. The molecule has 0 aliphatic carbocycles. The lowest BCUT2D eigenvalue weighted by Crippen LogP contribution is -2.53. The molecular formula is C15H20FN3O4S. The van der Waals surface area contributed by atoms with E-state index in [1.165, 1.54) is 27.5 Å². The van der Waals surface area contributed by atoms with Crippen LogP contribution in [0.15, 0.2) is 18.3 Å². The first-order chi connectivity index (χ1) is 11.3. The summed E-state index contributed by atoms with van der Waals surface area (Å²) in [6.07, 6.45) is 3.06. The van der Waals surface area contributed by atoms with Crippen LogP contribution < -0.4 is 0 Å². The molecule has 0 saturated carbocycles. The Morgan fingerprint density at radius 3 is 2.88 bits per heavy atom. The zero-order valence-corrected chi connectivity index (χ0v) is 14.2. The van der Waals surface area contributed by atoms with Crippen LogP contribution in [0.4, 0.5) is 4.39 Å². The number of amides is 1. The molecule has 3 rings (SSSR count). The van der Waals surface area contributed by atoms with Crippen molar-refractivity contribution in [3.8, 4) is 0 Å². The highest BCUT2D eigenvalue weighted by Crippen LogP contribution is 2.42. The predicted octanol–water partition coefficient (Wildman–Crippen LogP) is -0.0633. The molecule has 0 radical (unpaired) electrons. The normalized spacial score (nSPS) is 28.0. The van der Waals surface area contributed by atoms with E-state index in [2.05, 4.69) is 4.98 Å². The van der Waals surface area contributed by atoms with E-state index >= 15 is 0 Å². The molecule has 0 bridgehead atoms. The summed E-state index contributed by atoms with van der Waals surface area (Å²) in [6.45, 7) is 0.868. The van der Waals surface area contributed by atoms with Gasteiger partial charge in [0, 0.05) is 37.8 Å². The number of aliphatic hydroxyl groups is 1. The van der Waals surface area contributed by atoms with Crippen LogP contribution in [0.3, 0.4) is 0 Å². The Morgan fingerprint density at radius 2 is 2.25 bits per heavy atom. The average Bonchev–Trinajstić information content (AvgIpc) is 2.94. The van der Waals surface area contributed by atoms with E-state index in [1.807, 2.05) is 0 Å². The molecule has 7 nitrogen and oxygen atoms in total. The second kappa shape index (κ2) is 6.05. The topological polar surface area (TPSA) is 90.8 Å². The minimum atomic E-state index is -3.36. The number of sulfonamides is 1. The quantitative estimate of drug-likeness (QED) is 0.818. The molecule has 2 aliphatic heterocycles. The molecular weight excluding hydrogens is 337 g/mol. The molecule has 2 aliphatic rings. The summed E-state index contributed by atoms with van der Waals surface area (Å²) in [5, 5.41) is 9.91. The standard InChI is InChI=1S/C15H20FN3O4S/c1-24(22,23)19-7-11-4-6-18(8-15(11,9-19)10-20)14(21)13-12(16)3-2-5-17-13/h2-3,5,11,20H,4,6-10H2,1H3/t11-,15+/m0/s1. The number of piperidine rings is 1. The van der Waals surface area contributed by atoms with Gasteiger partial charge in [-0.05, 0) is 24.5 Å². The molecule has 0 aromatic carbocycles.